The number of hydrogen-bond donors (Lipinski definition) is 1. The maximum Gasteiger partial charge on any atom is 0.204 e. The van der Waals surface area contributed by atoms with E-state index < -0.39 is 0 Å². The maximum atomic E-state index is 12.8. The minimum Gasteiger partial charge on any atom is -0.328 e. The Morgan fingerprint density at radius 1 is 1.26 bits per heavy atom. The van der Waals surface area contributed by atoms with Gasteiger partial charge in [-0.2, -0.15) is 4.80 Å². The van der Waals surface area contributed by atoms with E-state index in [4.69, 9.17) is 5.73 Å². The number of nitrogens with two attached hydrogens (primary N) is 1. The predicted octanol–water partition coefficient (Wildman–Crippen LogP) is 1.61. The van der Waals surface area contributed by atoms with Gasteiger partial charge in [0, 0.05) is 11.6 Å². The Morgan fingerprint density at radius 3 is 2.74 bits per heavy atom. The Morgan fingerprint density at radius 2 is 2.05 bits per heavy atom. The number of halogens is 1. The monoisotopic (exact) mass is 261 g/mol. The van der Waals surface area contributed by atoms with Crippen LogP contribution in [-0.4, -0.2) is 26.2 Å². The average molecular weight is 261 g/mol. The van der Waals surface area contributed by atoms with E-state index in [9.17, 15) is 4.39 Å². The van der Waals surface area contributed by atoms with Crippen molar-refractivity contribution in [2.45, 2.75) is 31.8 Å². The molecule has 1 heterocycles. The first-order chi connectivity index (χ1) is 9.20. The molecule has 0 bridgehead atoms. The summed E-state index contributed by atoms with van der Waals surface area (Å²) in [7, 11) is 0. The molecule has 2 N–H and O–H groups in total. The standard InChI is InChI=1S/C13H16FN5/c14-11-4-2-10(3-5-11)13-16-18-19(17-13)8-9-1-6-12(15)7-9/h2-5,9,12H,1,6-8,15H2/t9-,12+/m0/s1. The Labute approximate surface area is 110 Å². The van der Waals surface area contributed by atoms with Crippen LogP contribution in [0.15, 0.2) is 24.3 Å². The molecule has 1 saturated carbocycles. The number of nitrogens with zero attached hydrogens (tertiary/aromatic N) is 4. The second-order valence-electron chi connectivity index (χ2n) is 5.11. The highest BCUT2D eigenvalue weighted by Gasteiger charge is 2.22. The van der Waals surface area contributed by atoms with Gasteiger partial charge in [0.2, 0.25) is 5.82 Å². The maximum absolute atomic E-state index is 12.8. The lowest BCUT2D eigenvalue weighted by Gasteiger charge is -2.06. The molecule has 0 unspecified atom stereocenters. The van der Waals surface area contributed by atoms with Crippen LogP contribution in [0.4, 0.5) is 4.39 Å². The summed E-state index contributed by atoms with van der Waals surface area (Å²) in [5, 5.41) is 12.4. The molecule has 0 amide bonds. The molecule has 0 saturated heterocycles. The van der Waals surface area contributed by atoms with E-state index in [1.54, 1.807) is 16.9 Å². The minimum atomic E-state index is -0.268. The van der Waals surface area contributed by atoms with Crippen LogP contribution < -0.4 is 5.73 Å². The first kappa shape index (κ1) is 12.2. The van der Waals surface area contributed by atoms with E-state index in [1.807, 2.05) is 0 Å². The molecule has 1 fully saturated rings. The van der Waals surface area contributed by atoms with E-state index in [1.165, 1.54) is 12.1 Å². The van der Waals surface area contributed by atoms with Crippen molar-refractivity contribution < 1.29 is 4.39 Å². The minimum absolute atomic E-state index is 0.268. The molecule has 2 aromatic rings. The van der Waals surface area contributed by atoms with E-state index in [-0.39, 0.29) is 5.82 Å². The van der Waals surface area contributed by atoms with Gasteiger partial charge in [-0.1, -0.05) is 0 Å². The molecule has 0 radical (unpaired) electrons. The van der Waals surface area contributed by atoms with Gasteiger partial charge >= 0.3 is 0 Å². The number of aromatic nitrogens is 4. The number of benzene rings is 1. The zero-order valence-corrected chi connectivity index (χ0v) is 10.5. The van der Waals surface area contributed by atoms with Crippen LogP contribution in [-0.2, 0) is 6.54 Å². The Hall–Kier alpha value is -1.82. The fourth-order valence-electron chi connectivity index (χ4n) is 2.55. The van der Waals surface area contributed by atoms with E-state index in [0.29, 0.717) is 17.8 Å². The normalized spacial score (nSPS) is 22.8. The summed E-state index contributed by atoms with van der Waals surface area (Å²) < 4.78 is 12.8. The molecule has 1 aromatic carbocycles. The summed E-state index contributed by atoms with van der Waals surface area (Å²) in [4.78, 5) is 1.61. The van der Waals surface area contributed by atoms with Crippen LogP contribution in [0.1, 0.15) is 19.3 Å². The highest BCUT2D eigenvalue weighted by molar-refractivity contribution is 5.53. The Kier molecular flexibility index (Phi) is 3.25. The molecular formula is C13H16FN5. The summed E-state index contributed by atoms with van der Waals surface area (Å²) in [5.41, 5.74) is 6.66. The van der Waals surface area contributed by atoms with Crippen molar-refractivity contribution in [1.29, 1.82) is 0 Å². The predicted molar refractivity (Wildman–Crippen MR) is 68.5 cm³/mol. The molecule has 3 rings (SSSR count). The van der Waals surface area contributed by atoms with Crippen molar-refractivity contribution in [1.82, 2.24) is 20.2 Å². The molecule has 1 aliphatic rings. The second-order valence-corrected chi connectivity index (χ2v) is 5.11. The molecule has 19 heavy (non-hydrogen) atoms. The molecule has 100 valence electrons. The molecule has 1 aromatic heterocycles. The average Bonchev–Trinajstić information content (AvgIpc) is 3.00. The Bertz CT molecular complexity index is 550. The molecule has 0 aliphatic heterocycles. The zero-order valence-electron chi connectivity index (χ0n) is 10.5. The van der Waals surface area contributed by atoms with E-state index in [0.717, 1.165) is 31.4 Å². The van der Waals surface area contributed by atoms with Gasteiger partial charge in [0.25, 0.3) is 0 Å². The fraction of sp³-hybridized carbons (Fsp3) is 0.462. The van der Waals surface area contributed by atoms with Gasteiger partial charge in [0.15, 0.2) is 0 Å². The van der Waals surface area contributed by atoms with E-state index in [2.05, 4.69) is 15.4 Å². The fourth-order valence-corrected chi connectivity index (χ4v) is 2.55. The number of hydrogen-bond acceptors (Lipinski definition) is 4. The van der Waals surface area contributed by atoms with Gasteiger partial charge in [-0.25, -0.2) is 4.39 Å². The van der Waals surface area contributed by atoms with Crippen molar-refractivity contribution in [2.24, 2.45) is 11.7 Å². The largest absolute Gasteiger partial charge is 0.328 e. The Balaban J connectivity index is 1.71. The van der Waals surface area contributed by atoms with E-state index >= 15 is 0 Å². The van der Waals surface area contributed by atoms with Gasteiger partial charge < -0.3 is 5.73 Å². The molecule has 6 heteroatoms. The van der Waals surface area contributed by atoms with Gasteiger partial charge in [-0.05, 0) is 54.7 Å². The summed E-state index contributed by atoms with van der Waals surface area (Å²) in [6, 6.07) is 6.41. The lowest BCUT2D eigenvalue weighted by atomic mass is 10.1. The molecule has 2 atom stereocenters. The highest BCUT2D eigenvalue weighted by Crippen LogP contribution is 2.25. The molecule has 5 nitrogen and oxygen atoms in total. The van der Waals surface area contributed by atoms with Crippen molar-refractivity contribution in [3.05, 3.63) is 30.1 Å². The van der Waals surface area contributed by atoms with Crippen LogP contribution >= 0.6 is 0 Å². The van der Waals surface area contributed by atoms with Crippen molar-refractivity contribution >= 4 is 0 Å². The zero-order chi connectivity index (χ0) is 13.2. The van der Waals surface area contributed by atoms with Gasteiger partial charge in [0.1, 0.15) is 5.82 Å². The topological polar surface area (TPSA) is 69.6 Å². The first-order valence-electron chi connectivity index (χ1n) is 6.50. The molecular weight excluding hydrogens is 245 g/mol. The third kappa shape index (κ3) is 2.78. The SMILES string of the molecule is N[C@@H]1CC[C@H](Cn2nnc(-c3ccc(F)cc3)n2)C1. The van der Waals surface area contributed by atoms with Crippen molar-refractivity contribution in [2.75, 3.05) is 0 Å². The van der Waals surface area contributed by atoms with Crippen LogP contribution in [0.25, 0.3) is 11.4 Å². The van der Waals surface area contributed by atoms with Crippen molar-refractivity contribution in [3.63, 3.8) is 0 Å². The van der Waals surface area contributed by atoms with Crippen LogP contribution in [0.5, 0.6) is 0 Å². The highest BCUT2D eigenvalue weighted by atomic mass is 19.1. The summed E-state index contributed by atoms with van der Waals surface area (Å²) in [6.07, 6.45) is 3.21. The van der Waals surface area contributed by atoms with Crippen LogP contribution in [0.2, 0.25) is 0 Å². The summed E-state index contributed by atoms with van der Waals surface area (Å²) >= 11 is 0. The molecule has 0 spiro atoms. The number of rotatable bonds is 3. The van der Waals surface area contributed by atoms with Gasteiger partial charge in [-0.15, -0.1) is 10.2 Å². The third-order valence-corrected chi connectivity index (χ3v) is 3.56. The first-order valence-corrected chi connectivity index (χ1v) is 6.50. The second kappa shape index (κ2) is 5.05. The summed E-state index contributed by atoms with van der Waals surface area (Å²) in [6.45, 7) is 0.752. The van der Waals surface area contributed by atoms with Gasteiger partial charge in [0.05, 0.1) is 6.54 Å². The number of tetrazole rings is 1. The third-order valence-electron chi connectivity index (χ3n) is 3.56. The summed E-state index contributed by atoms with van der Waals surface area (Å²) in [5.74, 6) is 0.795. The smallest absolute Gasteiger partial charge is 0.204 e. The van der Waals surface area contributed by atoms with Crippen molar-refractivity contribution in [3.8, 4) is 11.4 Å². The lowest BCUT2D eigenvalue weighted by molar-refractivity contribution is 0.385. The van der Waals surface area contributed by atoms with Crippen LogP contribution in [0, 0.1) is 11.7 Å². The lowest BCUT2D eigenvalue weighted by Crippen LogP contribution is -2.17. The molecule has 1 aliphatic carbocycles. The van der Waals surface area contributed by atoms with Gasteiger partial charge in [-0.3, -0.25) is 0 Å². The quantitative estimate of drug-likeness (QED) is 0.911. The van der Waals surface area contributed by atoms with Crippen LogP contribution in [0.3, 0.4) is 0 Å².